The van der Waals surface area contributed by atoms with Gasteiger partial charge in [-0.25, -0.2) is 8.42 Å². The van der Waals surface area contributed by atoms with Crippen LogP contribution < -0.4 is 0 Å². The zero-order valence-electron chi connectivity index (χ0n) is 12.0. The molecule has 0 radical (unpaired) electrons. The summed E-state index contributed by atoms with van der Waals surface area (Å²) in [4.78, 5) is 12.3. The van der Waals surface area contributed by atoms with Crippen molar-refractivity contribution in [3.63, 3.8) is 0 Å². The fourth-order valence-corrected chi connectivity index (χ4v) is 3.10. The average Bonchev–Trinajstić information content (AvgIpc) is 2.39. The molecular formula is C15H22O3S. The van der Waals surface area contributed by atoms with Crippen LogP contribution in [0.15, 0.2) is 29.2 Å². The third kappa shape index (κ3) is 3.66. The quantitative estimate of drug-likeness (QED) is 0.805. The molecule has 0 bridgehead atoms. The number of sulfone groups is 1. The molecule has 0 aliphatic carbocycles. The normalized spacial score (nSPS) is 13.5. The molecule has 1 aromatic carbocycles. The molecule has 19 heavy (non-hydrogen) atoms. The van der Waals surface area contributed by atoms with Crippen LogP contribution in [0.25, 0.3) is 0 Å². The van der Waals surface area contributed by atoms with Crippen molar-refractivity contribution >= 4 is 15.6 Å². The number of Topliss-reactive ketones (excluding diaryl/α,β-unsaturated/α-hetero) is 1. The summed E-state index contributed by atoms with van der Waals surface area (Å²) >= 11 is 0. The summed E-state index contributed by atoms with van der Waals surface area (Å²) in [6.07, 6.45) is 0.498. The molecule has 0 amide bonds. The zero-order valence-corrected chi connectivity index (χ0v) is 12.8. The van der Waals surface area contributed by atoms with Crippen molar-refractivity contribution in [3.05, 3.63) is 29.8 Å². The first-order valence-corrected chi connectivity index (χ1v) is 8.34. The lowest BCUT2D eigenvalue weighted by Crippen LogP contribution is -2.17. The zero-order chi connectivity index (χ0) is 14.6. The van der Waals surface area contributed by atoms with Crippen LogP contribution in [0.2, 0.25) is 0 Å². The Morgan fingerprint density at radius 3 is 2.00 bits per heavy atom. The van der Waals surface area contributed by atoms with Crippen LogP contribution in [0.5, 0.6) is 0 Å². The van der Waals surface area contributed by atoms with Gasteiger partial charge in [0.15, 0.2) is 9.84 Å². The Hall–Kier alpha value is -1.16. The van der Waals surface area contributed by atoms with Gasteiger partial charge in [0, 0.05) is 12.3 Å². The molecule has 0 heterocycles. The second-order valence-corrected chi connectivity index (χ2v) is 7.29. The molecular weight excluding hydrogens is 260 g/mol. The molecule has 106 valence electrons. The van der Waals surface area contributed by atoms with Crippen molar-refractivity contribution in [2.75, 3.05) is 5.75 Å². The second-order valence-electron chi connectivity index (χ2n) is 5.01. The van der Waals surface area contributed by atoms with Crippen molar-refractivity contribution in [3.8, 4) is 0 Å². The van der Waals surface area contributed by atoms with Gasteiger partial charge in [0.2, 0.25) is 0 Å². The molecule has 0 aliphatic heterocycles. The Morgan fingerprint density at radius 2 is 1.63 bits per heavy atom. The first-order valence-electron chi connectivity index (χ1n) is 6.68. The van der Waals surface area contributed by atoms with Crippen molar-refractivity contribution in [1.29, 1.82) is 0 Å². The monoisotopic (exact) mass is 282 g/mol. The van der Waals surface area contributed by atoms with Crippen molar-refractivity contribution in [1.82, 2.24) is 0 Å². The van der Waals surface area contributed by atoms with E-state index in [9.17, 15) is 13.2 Å². The lowest BCUT2D eigenvalue weighted by Gasteiger charge is -2.19. The highest BCUT2D eigenvalue weighted by atomic mass is 32.2. The minimum Gasteiger partial charge on any atom is -0.299 e. The fraction of sp³-hybridized carbons (Fsp3) is 0.533. The predicted octanol–water partition coefficient (Wildman–Crippen LogP) is 3.20. The first kappa shape index (κ1) is 15.9. The average molecular weight is 282 g/mol. The van der Waals surface area contributed by atoms with E-state index >= 15 is 0 Å². The highest BCUT2D eigenvalue weighted by molar-refractivity contribution is 7.91. The molecule has 1 unspecified atom stereocenters. The van der Waals surface area contributed by atoms with E-state index in [0.717, 1.165) is 5.56 Å². The molecule has 3 nitrogen and oxygen atoms in total. The van der Waals surface area contributed by atoms with E-state index < -0.39 is 9.84 Å². The van der Waals surface area contributed by atoms with Gasteiger partial charge in [-0.15, -0.1) is 0 Å². The maximum atomic E-state index is 12.0. The van der Waals surface area contributed by atoms with Crippen molar-refractivity contribution < 1.29 is 13.2 Å². The van der Waals surface area contributed by atoms with Gasteiger partial charge >= 0.3 is 0 Å². The summed E-state index contributed by atoms with van der Waals surface area (Å²) in [6.45, 7) is 7.50. The van der Waals surface area contributed by atoms with Crippen LogP contribution in [-0.2, 0) is 14.6 Å². The molecule has 0 N–H and O–H groups in total. The molecule has 1 aromatic rings. The number of hydrogen-bond donors (Lipinski definition) is 0. The van der Waals surface area contributed by atoms with Gasteiger partial charge in [-0.3, -0.25) is 4.79 Å². The second kappa shape index (κ2) is 6.33. The Bertz CT molecular complexity index is 527. The Kier molecular flexibility index (Phi) is 5.29. The van der Waals surface area contributed by atoms with E-state index in [1.165, 1.54) is 0 Å². The molecule has 1 atom stereocenters. The number of carbonyl (C=O) groups excluding carboxylic acids is 1. The topological polar surface area (TPSA) is 51.2 Å². The van der Waals surface area contributed by atoms with Crippen LogP contribution in [0.4, 0.5) is 0 Å². The summed E-state index contributed by atoms with van der Waals surface area (Å²) in [5.41, 5.74) is 0.900. The molecule has 4 heteroatoms. The van der Waals surface area contributed by atoms with Crippen LogP contribution in [-0.4, -0.2) is 20.0 Å². The predicted molar refractivity (Wildman–Crippen MR) is 77.0 cm³/mol. The first-order chi connectivity index (χ1) is 8.83. The van der Waals surface area contributed by atoms with Gasteiger partial charge in [-0.1, -0.05) is 39.8 Å². The van der Waals surface area contributed by atoms with Crippen LogP contribution in [0.3, 0.4) is 0 Å². The Balaban J connectivity index is 3.13. The summed E-state index contributed by atoms with van der Waals surface area (Å²) in [5.74, 6) is 0.346. The molecule has 0 spiro atoms. The smallest absolute Gasteiger partial charge is 0.178 e. The molecule has 0 saturated heterocycles. The fourth-order valence-electron chi connectivity index (χ4n) is 2.21. The number of rotatable bonds is 6. The number of carbonyl (C=O) groups is 1. The molecule has 0 aliphatic rings. The summed E-state index contributed by atoms with van der Waals surface area (Å²) < 4.78 is 23.5. The SMILES string of the molecule is CCC(=O)C(c1ccc(S(=O)(=O)CC)cc1)C(C)C. The molecule has 0 fully saturated rings. The lowest BCUT2D eigenvalue weighted by atomic mass is 9.84. The van der Waals surface area contributed by atoms with Gasteiger partial charge in [-0.05, 0) is 23.6 Å². The molecule has 0 aromatic heterocycles. The van der Waals surface area contributed by atoms with Crippen molar-refractivity contribution in [2.45, 2.75) is 44.9 Å². The third-order valence-corrected chi connectivity index (χ3v) is 5.09. The minimum absolute atomic E-state index is 0.0911. The van der Waals surface area contributed by atoms with Crippen LogP contribution >= 0.6 is 0 Å². The highest BCUT2D eigenvalue weighted by Crippen LogP contribution is 2.27. The number of hydrogen-bond acceptors (Lipinski definition) is 3. The maximum absolute atomic E-state index is 12.0. The molecule has 0 saturated carbocycles. The molecule has 1 rings (SSSR count). The summed E-state index contributed by atoms with van der Waals surface area (Å²) in [7, 11) is -3.17. The standard InChI is InChI=1S/C15H22O3S/c1-5-14(16)15(11(3)4)12-7-9-13(10-8-12)19(17,18)6-2/h7-11,15H,5-6H2,1-4H3. The van der Waals surface area contributed by atoms with Crippen molar-refractivity contribution in [2.24, 2.45) is 5.92 Å². The number of ketones is 1. The summed E-state index contributed by atoms with van der Waals surface area (Å²) in [6, 6.07) is 6.74. The van der Waals surface area contributed by atoms with Gasteiger partial charge in [-0.2, -0.15) is 0 Å². The van der Waals surface area contributed by atoms with Gasteiger partial charge < -0.3 is 0 Å². The minimum atomic E-state index is -3.17. The van der Waals surface area contributed by atoms with E-state index in [1.54, 1.807) is 31.2 Å². The Morgan fingerprint density at radius 1 is 1.11 bits per heavy atom. The van der Waals surface area contributed by atoms with Crippen LogP contribution in [0.1, 0.15) is 45.6 Å². The lowest BCUT2D eigenvalue weighted by molar-refractivity contribution is -0.121. The van der Waals surface area contributed by atoms with E-state index in [1.807, 2.05) is 20.8 Å². The van der Waals surface area contributed by atoms with Crippen LogP contribution in [0, 0.1) is 5.92 Å². The third-order valence-electron chi connectivity index (χ3n) is 3.34. The summed E-state index contributed by atoms with van der Waals surface area (Å²) in [5, 5.41) is 0. The number of benzene rings is 1. The van der Waals surface area contributed by atoms with Gasteiger partial charge in [0.1, 0.15) is 5.78 Å². The largest absolute Gasteiger partial charge is 0.299 e. The van der Waals surface area contributed by atoms with Gasteiger partial charge in [0.05, 0.1) is 10.6 Å². The van der Waals surface area contributed by atoms with E-state index in [4.69, 9.17) is 0 Å². The van der Waals surface area contributed by atoms with E-state index in [-0.39, 0.29) is 23.4 Å². The van der Waals surface area contributed by atoms with Gasteiger partial charge in [0.25, 0.3) is 0 Å². The maximum Gasteiger partial charge on any atom is 0.178 e. The Labute approximate surface area is 116 Å². The van der Waals surface area contributed by atoms with E-state index in [2.05, 4.69) is 0 Å². The highest BCUT2D eigenvalue weighted by Gasteiger charge is 2.23. The van der Waals surface area contributed by atoms with E-state index in [0.29, 0.717) is 11.3 Å².